The van der Waals surface area contributed by atoms with E-state index in [1.165, 1.54) is 12.8 Å². The number of carbonyl (C=O) groups excluding carboxylic acids is 1. The molecule has 1 saturated heterocycles. The number of amides is 1. The molecule has 148 valence electrons. The van der Waals surface area contributed by atoms with Gasteiger partial charge in [-0.1, -0.05) is 12.8 Å². The number of nitrogens with zero attached hydrogens (tertiary/aromatic N) is 3. The van der Waals surface area contributed by atoms with Crippen LogP contribution >= 0.6 is 24.8 Å². The number of hydrogen-bond donors (Lipinski definition) is 2. The number of likely N-dealkylation sites (N-methyl/N-ethyl adjacent to an activating group) is 1. The van der Waals surface area contributed by atoms with Crippen LogP contribution in [0.25, 0.3) is 0 Å². The quantitative estimate of drug-likeness (QED) is 0.802. The Morgan fingerprint density at radius 1 is 1.23 bits per heavy atom. The molecule has 1 aromatic rings. The Morgan fingerprint density at radius 3 is 2.62 bits per heavy atom. The van der Waals surface area contributed by atoms with Gasteiger partial charge in [-0.3, -0.25) is 4.79 Å². The molecule has 0 spiro atoms. The van der Waals surface area contributed by atoms with Crippen molar-refractivity contribution in [3.8, 4) is 0 Å². The predicted octanol–water partition coefficient (Wildman–Crippen LogP) is 1.92. The smallest absolute Gasteiger partial charge is 0.251 e. The molecule has 0 bridgehead atoms. The first kappa shape index (κ1) is 23.0. The summed E-state index contributed by atoms with van der Waals surface area (Å²) in [5.41, 5.74) is 6.56. The summed E-state index contributed by atoms with van der Waals surface area (Å²) in [6, 6.07) is 3.92. The van der Waals surface area contributed by atoms with Crippen LogP contribution in [0.5, 0.6) is 0 Å². The Hall–Kier alpha value is -1.08. The van der Waals surface area contributed by atoms with E-state index in [0.29, 0.717) is 18.0 Å². The van der Waals surface area contributed by atoms with Crippen molar-refractivity contribution in [3.63, 3.8) is 0 Å². The summed E-state index contributed by atoms with van der Waals surface area (Å²) < 4.78 is 0. The third kappa shape index (κ3) is 5.71. The first-order valence-corrected chi connectivity index (χ1v) is 9.08. The third-order valence-electron chi connectivity index (χ3n) is 5.36. The molecule has 1 saturated carbocycles. The molecular formula is C18H31Cl2N5O. The van der Waals surface area contributed by atoms with E-state index in [-0.39, 0.29) is 36.8 Å². The number of rotatable bonds is 4. The number of piperazine rings is 1. The SMILES string of the molecule is CN1CCN(c2cc(C(=O)NC3CCCCC3CN)ccn2)CC1.Cl.Cl. The number of hydrogen-bond acceptors (Lipinski definition) is 5. The Bertz CT molecular complexity index is 566. The summed E-state index contributed by atoms with van der Waals surface area (Å²) in [5, 5.41) is 3.20. The van der Waals surface area contributed by atoms with Crippen molar-refractivity contribution in [3.05, 3.63) is 23.9 Å². The molecule has 8 heteroatoms. The molecular weight excluding hydrogens is 373 g/mol. The molecule has 2 heterocycles. The van der Waals surface area contributed by atoms with Gasteiger partial charge in [-0.25, -0.2) is 4.98 Å². The lowest BCUT2D eigenvalue weighted by Crippen LogP contribution is -2.45. The zero-order chi connectivity index (χ0) is 16.9. The van der Waals surface area contributed by atoms with Gasteiger partial charge in [0.25, 0.3) is 5.91 Å². The number of halogens is 2. The lowest BCUT2D eigenvalue weighted by molar-refractivity contribution is 0.0908. The van der Waals surface area contributed by atoms with Gasteiger partial charge < -0.3 is 20.9 Å². The summed E-state index contributed by atoms with van der Waals surface area (Å²) in [7, 11) is 2.13. The van der Waals surface area contributed by atoms with Gasteiger partial charge in [-0.2, -0.15) is 0 Å². The topological polar surface area (TPSA) is 74.5 Å². The Morgan fingerprint density at radius 2 is 1.92 bits per heavy atom. The van der Waals surface area contributed by atoms with Crippen molar-refractivity contribution in [1.29, 1.82) is 0 Å². The van der Waals surface area contributed by atoms with E-state index in [1.807, 2.05) is 6.07 Å². The molecule has 26 heavy (non-hydrogen) atoms. The largest absolute Gasteiger partial charge is 0.354 e. The number of carbonyl (C=O) groups is 1. The van der Waals surface area contributed by atoms with E-state index in [1.54, 1.807) is 12.3 Å². The van der Waals surface area contributed by atoms with E-state index in [2.05, 4.69) is 27.1 Å². The number of nitrogens with two attached hydrogens (primary N) is 1. The van der Waals surface area contributed by atoms with E-state index in [0.717, 1.165) is 44.8 Å². The van der Waals surface area contributed by atoms with Gasteiger partial charge in [0.15, 0.2) is 0 Å². The molecule has 1 aromatic heterocycles. The lowest BCUT2D eigenvalue weighted by atomic mass is 9.84. The first-order chi connectivity index (χ1) is 11.7. The molecule has 2 unspecified atom stereocenters. The second-order valence-electron chi connectivity index (χ2n) is 7.05. The average molecular weight is 404 g/mol. The van der Waals surface area contributed by atoms with Gasteiger partial charge in [0.1, 0.15) is 5.82 Å². The minimum Gasteiger partial charge on any atom is -0.354 e. The van der Waals surface area contributed by atoms with Gasteiger partial charge in [0, 0.05) is 44.0 Å². The predicted molar refractivity (Wildman–Crippen MR) is 111 cm³/mol. The van der Waals surface area contributed by atoms with Gasteiger partial charge in [-0.05, 0) is 44.5 Å². The van der Waals surface area contributed by atoms with Gasteiger partial charge >= 0.3 is 0 Å². The molecule has 2 aliphatic rings. The molecule has 2 atom stereocenters. The second-order valence-corrected chi connectivity index (χ2v) is 7.05. The summed E-state index contributed by atoms with van der Waals surface area (Å²) in [6.45, 7) is 4.60. The molecule has 0 aromatic carbocycles. The summed E-state index contributed by atoms with van der Waals surface area (Å²) in [6.07, 6.45) is 6.28. The van der Waals surface area contributed by atoms with E-state index in [9.17, 15) is 4.79 Å². The normalized spacial score (nSPS) is 23.5. The van der Waals surface area contributed by atoms with Crippen molar-refractivity contribution < 1.29 is 4.79 Å². The summed E-state index contributed by atoms with van der Waals surface area (Å²) >= 11 is 0. The van der Waals surface area contributed by atoms with Crippen molar-refractivity contribution >= 4 is 36.5 Å². The van der Waals surface area contributed by atoms with Gasteiger partial charge in [0.2, 0.25) is 0 Å². The van der Waals surface area contributed by atoms with Crippen LogP contribution < -0.4 is 16.0 Å². The standard InChI is InChI=1S/C18H29N5O.2ClH/c1-22-8-10-23(11-9-22)17-12-14(6-7-20-17)18(24)21-16-5-3-2-4-15(16)13-19;;/h6-7,12,15-16H,2-5,8-11,13,19H2,1H3,(H,21,24);2*1H. The molecule has 1 aliphatic carbocycles. The van der Waals surface area contributed by atoms with Crippen LogP contribution in [0.2, 0.25) is 0 Å². The maximum Gasteiger partial charge on any atom is 0.251 e. The molecule has 1 amide bonds. The van der Waals surface area contributed by atoms with Gasteiger partial charge in [0.05, 0.1) is 0 Å². The van der Waals surface area contributed by atoms with Crippen molar-refractivity contribution in [1.82, 2.24) is 15.2 Å². The highest BCUT2D eigenvalue weighted by molar-refractivity contribution is 5.95. The van der Waals surface area contributed by atoms with Crippen LogP contribution in [0, 0.1) is 5.92 Å². The Balaban J connectivity index is 0.00000169. The second kappa shape index (κ2) is 10.9. The van der Waals surface area contributed by atoms with Crippen LogP contribution in [0.3, 0.4) is 0 Å². The number of pyridine rings is 1. The Kier molecular flexibility index (Phi) is 9.64. The third-order valence-corrected chi connectivity index (χ3v) is 5.36. The van der Waals surface area contributed by atoms with Crippen LogP contribution in [-0.4, -0.2) is 61.6 Å². The fourth-order valence-corrected chi connectivity index (χ4v) is 3.70. The van der Waals surface area contributed by atoms with Crippen LogP contribution in [0.15, 0.2) is 18.3 Å². The maximum absolute atomic E-state index is 12.7. The molecule has 2 fully saturated rings. The molecule has 3 N–H and O–H groups in total. The van der Waals surface area contributed by atoms with E-state index >= 15 is 0 Å². The monoisotopic (exact) mass is 403 g/mol. The molecule has 0 radical (unpaired) electrons. The fraction of sp³-hybridized carbons (Fsp3) is 0.667. The molecule has 6 nitrogen and oxygen atoms in total. The van der Waals surface area contributed by atoms with Gasteiger partial charge in [-0.15, -0.1) is 24.8 Å². The zero-order valence-electron chi connectivity index (χ0n) is 15.4. The maximum atomic E-state index is 12.7. The highest BCUT2D eigenvalue weighted by atomic mass is 35.5. The van der Waals surface area contributed by atoms with Crippen LogP contribution in [0.1, 0.15) is 36.0 Å². The van der Waals surface area contributed by atoms with Crippen LogP contribution in [0.4, 0.5) is 5.82 Å². The number of aromatic nitrogens is 1. The Labute approximate surface area is 168 Å². The van der Waals surface area contributed by atoms with Crippen LogP contribution in [-0.2, 0) is 0 Å². The van der Waals surface area contributed by atoms with E-state index < -0.39 is 0 Å². The lowest BCUT2D eigenvalue weighted by Gasteiger charge is -2.33. The molecule has 3 rings (SSSR count). The van der Waals surface area contributed by atoms with Crippen molar-refractivity contribution in [2.75, 3.05) is 44.7 Å². The number of nitrogens with one attached hydrogen (secondary N) is 1. The zero-order valence-corrected chi connectivity index (χ0v) is 17.0. The fourth-order valence-electron chi connectivity index (χ4n) is 3.70. The van der Waals surface area contributed by atoms with E-state index in [4.69, 9.17) is 5.73 Å². The molecule has 1 aliphatic heterocycles. The summed E-state index contributed by atoms with van der Waals surface area (Å²) in [5.74, 6) is 1.30. The minimum absolute atomic E-state index is 0. The minimum atomic E-state index is -0.00173. The number of anilines is 1. The highest BCUT2D eigenvalue weighted by Crippen LogP contribution is 2.24. The first-order valence-electron chi connectivity index (χ1n) is 9.08. The highest BCUT2D eigenvalue weighted by Gasteiger charge is 2.26. The summed E-state index contributed by atoms with van der Waals surface area (Å²) in [4.78, 5) is 21.7. The average Bonchev–Trinajstić information content (AvgIpc) is 2.63. The van der Waals surface area contributed by atoms with Crippen molar-refractivity contribution in [2.45, 2.75) is 31.7 Å². The van der Waals surface area contributed by atoms with Crippen molar-refractivity contribution in [2.24, 2.45) is 11.7 Å².